The van der Waals surface area contributed by atoms with Gasteiger partial charge < -0.3 is 5.11 Å². The van der Waals surface area contributed by atoms with Gasteiger partial charge in [-0.25, -0.2) is 4.79 Å². The second-order valence-electron chi connectivity index (χ2n) is 11.9. The van der Waals surface area contributed by atoms with E-state index >= 15 is 0 Å². The number of halogens is 2. The minimum atomic E-state index is -0.882. The van der Waals surface area contributed by atoms with E-state index < -0.39 is 5.97 Å². The van der Waals surface area contributed by atoms with Crippen LogP contribution in [0.5, 0.6) is 0 Å². The van der Waals surface area contributed by atoms with E-state index in [0.29, 0.717) is 17.5 Å². The Morgan fingerprint density at radius 2 is 1.44 bits per heavy atom. The molecule has 2 aliphatic rings. The van der Waals surface area contributed by atoms with Crippen molar-refractivity contribution >= 4 is 40.1 Å². The van der Waals surface area contributed by atoms with E-state index in [1.807, 2.05) is 36.4 Å². The standard InChI is InChI=1S/C36H33Cl2N3O2/c37-29-9-4-24(5-10-29)34(25-6-11-30(38)12-7-25)27-8-15-33-32(21-27)35(39-41(33)31-13-14-31)26-16-18-40(19-17-26)22-23-2-1-3-28(20-23)36(42)43/h1-12,15,20-21,26,31,34H,13-14,16-19,22H2,(H,42,43). The third kappa shape index (κ3) is 5.95. The van der Waals surface area contributed by atoms with Gasteiger partial charge in [0.1, 0.15) is 0 Å². The Labute approximate surface area is 261 Å². The number of nitrogens with zero attached hydrogens (tertiary/aromatic N) is 3. The maximum atomic E-state index is 11.4. The zero-order chi connectivity index (χ0) is 29.5. The van der Waals surface area contributed by atoms with Gasteiger partial charge in [0.15, 0.2) is 0 Å². The second-order valence-corrected chi connectivity index (χ2v) is 12.8. The van der Waals surface area contributed by atoms with E-state index in [4.69, 9.17) is 28.3 Å². The number of hydrogen-bond donors (Lipinski definition) is 1. The molecule has 1 N–H and O–H groups in total. The summed E-state index contributed by atoms with van der Waals surface area (Å²) < 4.78 is 2.28. The summed E-state index contributed by atoms with van der Waals surface area (Å²) in [6.45, 7) is 2.67. The molecule has 0 bridgehead atoms. The van der Waals surface area contributed by atoms with E-state index in [0.717, 1.165) is 48.1 Å². The Bertz CT molecular complexity index is 1720. The molecule has 2 heterocycles. The van der Waals surface area contributed by atoms with Gasteiger partial charge in [-0.05, 0) is 110 Å². The minimum absolute atomic E-state index is 0.0412. The first kappa shape index (κ1) is 28.1. The topological polar surface area (TPSA) is 58.4 Å². The summed E-state index contributed by atoms with van der Waals surface area (Å²) in [6.07, 6.45) is 4.42. The Morgan fingerprint density at radius 3 is 2.05 bits per heavy atom. The van der Waals surface area contributed by atoms with Crippen molar-refractivity contribution in [1.29, 1.82) is 0 Å². The molecule has 1 aliphatic heterocycles. The van der Waals surface area contributed by atoms with Crippen LogP contribution in [-0.2, 0) is 6.54 Å². The predicted molar refractivity (Wildman–Crippen MR) is 173 cm³/mol. The molecule has 1 saturated heterocycles. The highest BCUT2D eigenvalue weighted by Gasteiger charge is 2.31. The maximum absolute atomic E-state index is 11.4. The lowest BCUT2D eigenvalue weighted by Crippen LogP contribution is -2.32. The van der Waals surface area contributed by atoms with Gasteiger partial charge in [-0.3, -0.25) is 9.58 Å². The molecule has 43 heavy (non-hydrogen) atoms. The number of aromatic carboxylic acids is 1. The molecule has 1 saturated carbocycles. The second kappa shape index (κ2) is 11.8. The number of carbonyl (C=O) groups is 1. The van der Waals surface area contributed by atoms with Crippen molar-refractivity contribution in [2.45, 2.75) is 50.1 Å². The van der Waals surface area contributed by atoms with Gasteiger partial charge in [-0.15, -0.1) is 0 Å². The summed E-state index contributed by atoms with van der Waals surface area (Å²) in [6, 6.07) is 31.0. The Morgan fingerprint density at radius 1 is 0.814 bits per heavy atom. The lowest BCUT2D eigenvalue weighted by Gasteiger charge is -2.31. The van der Waals surface area contributed by atoms with E-state index in [1.54, 1.807) is 12.1 Å². The normalized spacial score (nSPS) is 16.3. The SMILES string of the molecule is O=C(O)c1cccc(CN2CCC(c3nn(C4CC4)c4ccc(C(c5ccc(Cl)cc5)c5ccc(Cl)cc5)cc34)CC2)c1. The number of rotatable bonds is 8. The van der Waals surface area contributed by atoms with Crippen LogP contribution < -0.4 is 0 Å². The molecule has 0 radical (unpaired) electrons. The minimum Gasteiger partial charge on any atom is -0.478 e. The van der Waals surface area contributed by atoms with Crippen LogP contribution in [0.25, 0.3) is 10.9 Å². The first-order valence-corrected chi connectivity index (χ1v) is 15.8. The van der Waals surface area contributed by atoms with Gasteiger partial charge in [0.25, 0.3) is 0 Å². The number of piperidine rings is 1. The van der Waals surface area contributed by atoms with E-state index in [-0.39, 0.29) is 5.92 Å². The first-order valence-electron chi connectivity index (χ1n) is 15.0. The zero-order valence-corrected chi connectivity index (χ0v) is 25.3. The van der Waals surface area contributed by atoms with E-state index in [9.17, 15) is 9.90 Å². The molecule has 5 nitrogen and oxygen atoms in total. The fraction of sp³-hybridized carbons (Fsp3) is 0.278. The predicted octanol–water partition coefficient (Wildman–Crippen LogP) is 8.94. The fourth-order valence-corrected chi connectivity index (χ4v) is 6.83. The molecular weight excluding hydrogens is 577 g/mol. The summed E-state index contributed by atoms with van der Waals surface area (Å²) in [5, 5.41) is 17.4. The van der Waals surface area contributed by atoms with Gasteiger partial charge in [0, 0.05) is 33.8 Å². The third-order valence-corrected chi connectivity index (χ3v) is 9.45. The summed E-state index contributed by atoms with van der Waals surface area (Å²) in [5.74, 6) is -0.462. The average Bonchev–Trinajstić information content (AvgIpc) is 3.80. The zero-order valence-electron chi connectivity index (χ0n) is 23.8. The quantitative estimate of drug-likeness (QED) is 0.178. The van der Waals surface area contributed by atoms with Crippen molar-refractivity contribution in [1.82, 2.24) is 14.7 Å². The van der Waals surface area contributed by atoms with Crippen molar-refractivity contribution in [2.75, 3.05) is 13.1 Å². The molecule has 0 unspecified atom stereocenters. The van der Waals surface area contributed by atoms with Crippen LogP contribution in [0.2, 0.25) is 10.0 Å². The van der Waals surface area contributed by atoms with Crippen molar-refractivity contribution in [3.63, 3.8) is 0 Å². The number of carboxylic acids is 1. The molecule has 1 aliphatic carbocycles. The molecular formula is C36H33Cl2N3O2. The molecule has 0 atom stereocenters. The molecule has 1 aromatic heterocycles. The van der Waals surface area contributed by atoms with E-state index in [1.165, 1.54) is 46.1 Å². The molecule has 2 fully saturated rings. The smallest absolute Gasteiger partial charge is 0.335 e. The molecule has 7 heteroatoms. The number of benzene rings is 4. The summed E-state index contributed by atoms with van der Waals surface area (Å²) in [7, 11) is 0. The molecule has 5 aromatic rings. The summed E-state index contributed by atoms with van der Waals surface area (Å²) >= 11 is 12.5. The van der Waals surface area contributed by atoms with Gasteiger partial charge in [-0.2, -0.15) is 5.10 Å². The molecule has 4 aromatic carbocycles. The first-order chi connectivity index (χ1) is 20.9. The summed E-state index contributed by atoms with van der Waals surface area (Å²) in [4.78, 5) is 13.9. The monoisotopic (exact) mass is 609 g/mol. The number of carboxylic acid groups (broad SMARTS) is 1. The number of likely N-dealkylation sites (tertiary alicyclic amines) is 1. The lowest BCUT2D eigenvalue weighted by molar-refractivity contribution is 0.0696. The van der Waals surface area contributed by atoms with Crippen molar-refractivity contribution < 1.29 is 9.90 Å². The highest BCUT2D eigenvalue weighted by atomic mass is 35.5. The van der Waals surface area contributed by atoms with Crippen LogP contribution in [-0.4, -0.2) is 38.8 Å². The number of fused-ring (bicyclic) bond motifs is 1. The maximum Gasteiger partial charge on any atom is 0.335 e. The van der Waals surface area contributed by atoms with Gasteiger partial charge in [0.2, 0.25) is 0 Å². The Balaban J connectivity index is 1.20. The Kier molecular flexibility index (Phi) is 7.72. The van der Waals surface area contributed by atoms with Crippen LogP contribution in [0, 0.1) is 0 Å². The average molecular weight is 611 g/mol. The number of hydrogen-bond acceptors (Lipinski definition) is 3. The van der Waals surface area contributed by atoms with Crippen LogP contribution in [0.4, 0.5) is 0 Å². The molecule has 0 spiro atoms. The van der Waals surface area contributed by atoms with Gasteiger partial charge in [0.05, 0.1) is 22.8 Å². The largest absolute Gasteiger partial charge is 0.478 e. The number of aromatic nitrogens is 2. The van der Waals surface area contributed by atoms with Crippen LogP contribution in [0.15, 0.2) is 91.0 Å². The Hall–Kier alpha value is -3.64. The van der Waals surface area contributed by atoms with Crippen LogP contribution in [0.1, 0.15) is 81.9 Å². The van der Waals surface area contributed by atoms with Crippen molar-refractivity contribution in [2.24, 2.45) is 0 Å². The van der Waals surface area contributed by atoms with Crippen molar-refractivity contribution in [3.8, 4) is 0 Å². The van der Waals surface area contributed by atoms with Crippen LogP contribution >= 0.6 is 23.2 Å². The fourth-order valence-electron chi connectivity index (χ4n) is 6.57. The van der Waals surface area contributed by atoms with Crippen LogP contribution in [0.3, 0.4) is 0 Å². The molecule has 218 valence electrons. The summed E-state index contributed by atoms with van der Waals surface area (Å²) in [5.41, 5.74) is 7.41. The van der Waals surface area contributed by atoms with Gasteiger partial charge >= 0.3 is 5.97 Å². The highest BCUT2D eigenvalue weighted by Crippen LogP contribution is 2.42. The van der Waals surface area contributed by atoms with Crippen molar-refractivity contribution in [3.05, 3.63) is 135 Å². The third-order valence-electron chi connectivity index (χ3n) is 8.95. The molecule has 0 amide bonds. The molecule has 7 rings (SSSR count). The lowest BCUT2D eigenvalue weighted by atomic mass is 9.84. The van der Waals surface area contributed by atoms with Gasteiger partial charge in [-0.1, -0.05) is 65.7 Å². The highest BCUT2D eigenvalue weighted by molar-refractivity contribution is 6.30. The van der Waals surface area contributed by atoms with E-state index in [2.05, 4.69) is 52.0 Å².